The Bertz CT molecular complexity index is 1620. The average molecular weight is 740 g/mol. The van der Waals surface area contributed by atoms with Gasteiger partial charge >= 0.3 is 12.1 Å². The van der Waals surface area contributed by atoms with Crippen molar-refractivity contribution in [3.8, 4) is 16.9 Å². The molecule has 46 heavy (non-hydrogen) atoms. The van der Waals surface area contributed by atoms with E-state index in [0.717, 1.165) is 30.7 Å². The van der Waals surface area contributed by atoms with Gasteiger partial charge in [0.25, 0.3) is 0 Å². The number of rotatable bonds is 11. The lowest BCUT2D eigenvalue weighted by molar-refractivity contribution is -0.131. The molecule has 0 saturated carbocycles. The highest BCUT2D eigenvalue weighted by Crippen LogP contribution is 2.44. The Labute approximate surface area is 279 Å². The maximum Gasteiger partial charge on any atom is 0.407 e. The number of nitrogens with zero attached hydrogens (tertiary/aromatic N) is 2. The third-order valence-corrected chi connectivity index (χ3v) is 8.63. The molecule has 240 valence electrons. The molecule has 1 aliphatic carbocycles. The summed E-state index contributed by atoms with van der Waals surface area (Å²) in [5, 5.41) is 7.57. The van der Waals surface area contributed by atoms with Gasteiger partial charge in [-0.15, -0.1) is 0 Å². The van der Waals surface area contributed by atoms with Gasteiger partial charge in [-0.2, -0.15) is 0 Å². The average Bonchev–Trinajstić information content (AvgIpc) is 3.38. The van der Waals surface area contributed by atoms with Crippen LogP contribution < -0.4 is 25.6 Å². The van der Waals surface area contributed by atoms with Crippen LogP contribution in [0.1, 0.15) is 36.8 Å². The van der Waals surface area contributed by atoms with Crippen molar-refractivity contribution in [3.63, 3.8) is 0 Å². The Morgan fingerprint density at radius 2 is 1.65 bits per heavy atom. The van der Waals surface area contributed by atoms with Crippen molar-refractivity contribution < 1.29 is 33.4 Å². The molecule has 5 rings (SSSR count). The van der Waals surface area contributed by atoms with Crippen LogP contribution in [0.5, 0.6) is 5.75 Å². The first-order chi connectivity index (χ1) is 22.2. The lowest BCUT2D eigenvalue weighted by Gasteiger charge is -2.34. The number of carbonyl (C=O) groups is 5. The normalized spacial score (nSPS) is 14.7. The Morgan fingerprint density at radius 3 is 2.30 bits per heavy atom. The van der Waals surface area contributed by atoms with Crippen LogP contribution in [0.2, 0.25) is 0 Å². The highest BCUT2D eigenvalue weighted by atomic mass is 127. The smallest absolute Gasteiger partial charge is 0.407 e. The first-order valence-corrected chi connectivity index (χ1v) is 15.9. The Morgan fingerprint density at radius 1 is 0.978 bits per heavy atom. The standard InChI is InChI=1S/C33H34IN5O7/c1-3-26(37-32(43)46-18-25-23-10-6-4-8-21(23)22-9-5-7-11-24(22)25)31(42)35-17-29(40)36-19-39-30(41)14-15-38(33(39)44)27-16-20(34)12-13-28(27)45-2/h4-13,16,25-26H,3,14-15,17-19H2,1-2H3,(H,35,42)(H,36,40)(H,37,43)/t26-/m0/s1. The zero-order valence-corrected chi connectivity index (χ0v) is 27.5. The number of halogens is 1. The van der Waals surface area contributed by atoms with E-state index in [2.05, 4.69) is 38.5 Å². The van der Waals surface area contributed by atoms with Gasteiger partial charge < -0.3 is 25.4 Å². The number of fused-ring (bicyclic) bond motifs is 3. The molecular weight excluding hydrogens is 705 g/mol. The van der Waals surface area contributed by atoms with E-state index in [1.54, 1.807) is 19.1 Å². The molecule has 0 unspecified atom stereocenters. The number of hydrogen-bond acceptors (Lipinski definition) is 7. The lowest BCUT2D eigenvalue weighted by atomic mass is 9.98. The molecule has 1 atom stereocenters. The number of carbonyl (C=O) groups excluding carboxylic acids is 5. The summed E-state index contributed by atoms with van der Waals surface area (Å²) in [5.41, 5.74) is 4.87. The number of imide groups is 1. The summed E-state index contributed by atoms with van der Waals surface area (Å²) in [6, 6.07) is 19.8. The molecule has 2 aliphatic rings. The largest absolute Gasteiger partial charge is 0.495 e. The zero-order valence-electron chi connectivity index (χ0n) is 25.4. The minimum Gasteiger partial charge on any atom is -0.495 e. The summed E-state index contributed by atoms with van der Waals surface area (Å²) in [4.78, 5) is 66.1. The van der Waals surface area contributed by atoms with Crippen LogP contribution in [-0.4, -0.2) is 74.3 Å². The number of urea groups is 1. The van der Waals surface area contributed by atoms with Gasteiger partial charge in [-0.05, 0) is 69.5 Å². The molecule has 1 saturated heterocycles. The highest BCUT2D eigenvalue weighted by Gasteiger charge is 2.35. The second-order valence-corrected chi connectivity index (χ2v) is 12.0. The van der Waals surface area contributed by atoms with Crippen LogP contribution in [0.4, 0.5) is 15.3 Å². The third-order valence-electron chi connectivity index (χ3n) is 7.96. The van der Waals surface area contributed by atoms with E-state index >= 15 is 0 Å². The molecular formula is C33H34IN5O7. The van der Waals surface area contributed by atoms with Crippen molar-refractivity contribution in [2.75, 3.05) is 38.4 Å². The number of nitrogens with one attached hydrogen (secondary N) is 3. The molecule has 3 N–H and O–H groups in total. The quantitative estimate of drug-likeness (QED) is 0.253. The highest BCUT2D eigenvalue weighted by molar-refractivity contribution is 14.1. The van der Waals surface area contributed by atoms with Crippen LogP contribution in [0, 0.1) is 3.57 Å². The van der Waals surface area contributed by atoms with Gasteiger partial charge in [0, 0.05) is 22.5 Å². The van der Waals surface area contributed by atoms with E-state index in [0.29, 0.717) is 11.4 Å². The molecule has 3 aromatic carbocycles. The summed E-state index contributed by atoms with van der Waals surface area (Å²) in [7, 11) is 1.49. The summed E-state index contributed by atoms with van der Waals surface area (Å²) >= 11 is 2.12. The monoisotopic (exact) mass is 739 g/mol. The third kappa shape index (κ3) is 7.09. The lowest BCUT2D eigenvalue weighted by Crippen LogP contribution is -2.56. The number of amides is 6. The maximum absolute atomic E-state index is 13.2. The Balaban J connectivity index is 1.10. The SMILES string of the molecule is CC[C@H](NC(=O)OCC1c2ccccc2-c2ccccc21)C(=O)NCC(=O)NCN1C(=O)CCN(c2cc(I)ccc2OC)C1=O. The number of anilines is 1. The molecule has 0 spiro atoms. The molecule has 0 bridgehead atoms. The Kier molecular flexibility index (Phi) is 10.4. The zero-order chi connectivity index (χ0) is 32.8. The van der Waals surface area contributed by atoms with Gasteiger partial charge in [0.1, 0.15) is 25.1 Å². The van der Waals surface area contributed by atoms with Crippen molar-refractivity contribution in [2.45, 2.75) is 31.7 Å². The first-order valence-electron chi connectivity index (χ1n) is 14.8. The number of ether oxygens (including phenoxy) is 2. The van der Waals surface area contributed by atoms with Gasteiger partial charge in [-0.3, -0.25) is 19.3 Å². The van der Waals surface area contributed by atoms with Crippen LogP contribution in [0.15, 0.2) is 66.7 Å². The van der Waals surface area contributed by atoms with Crippen LogP contribution in [0.25, 0.3) is 11.1 Å². The molecule has 0 radical (unpaired) electrons. The molecule has 1 aliphatic heterocycles. The van der Waals surface area contributed by atoms with Crippen molar-refractivity contribution in [2.24, 2.45) is 0 Å². The fourth-order valence-corrected chi connectivity index (χ4v) is 6.07. The summed E-state index contributed by atoms with van der Waals surface area (Å²) in [5.74, 6) is -1.28. The van der Waals surface area contributed by atoms with E-state index in [9.17, 15) is 24.0 Å². The van der Waals surface area contributed by atoms with Crippen molar-refractivity contribution in [1.82, 2.24) is 20.9 Å². The van der Waals surface area contributed by atoms with Crippen molar-refractivity contribution >= 4 is 58.1 Å². The molecule has 6 amide bonds. The second kappa shape index (κ2) is 14.6. The van der Waals surface area contributed by atoms with Gasteiger partial charge in [-0.25, -0.2) is 14.5 Å². The predicted molar refractivity (Wildman–Crippen MR) is 178 cm³/mol. The number of benzene rings is 3. The second-order valence-electron chi connectivity index (χ2n) is 10.7. The molecule has 12 nitrogen and oxygen atoms in total. The van der Waals surface area contributed by atoms with Gasteiger partial charge in [0.05, 0.1) is 19.3 Å². The predicted octanol–water partition coefficient (Wildman–Crippen LogP) is 3.97. The number of methoxy groups -OCH3 is 1. The van der Waals surface area contributed by atoms with Crippen LogP contribution >= 0.6 is 22.6 Å². The minimum atomic E-state index is -0.939. The molecule has 13 heteroatoms. The van der Waals surface area contributed by atoms with Crippen LogP contribution in [-0.2, 0) is 19.1 Å². The van der Waals surface area contributed by atoms with Crippen molar-refractivity contribution in [3.05, 3.63) is 81.4 Å². The fourth-order valence-electron chi connectivity index (χ4n) is 5.60. The topological polar surface area (TPSA) is 146 Å². The van der Waals surface area contributed by atoms with E-state index in [1.807, 2.05) is 54.6 Å². The maximum atomic E-state index is 13.2. The van der Waals surface area contributed by atoms with Crippen LogP contribution in [0.3, 0.4) is 0 Å². The number of alkyl carbamates (subject to hydrolysis) is 1. The van der Waals surface area contributed by atoms with E-state index in [-0.39, 0.29) is 38.6 Å². The first kappa shape index (κ1) is 32.7. The molecule has 1 heterocycles. The summed E-state index contributed by atoms with van der Waals surface area (Å²) < 4.78 is 11.8. The van der Waals surface area contributed by atoms with Gasteiger partial charge in [-0.1, -0.05) is 55.5 Å². The van der Waals surface area contributed by atoms with E-state index < -0.39 is 42.4 Å². The van der Waals surface area contributed by atoms with Gasteiger partial charge in [0.15, 0.2) is 0 Å². The summed E-state index contributed by atoms with van der Waals surface area (Å²) in [6.45, 7) is 1.19. The number of hydrogen-bond donors (Lipinski definition) is 3. The molecule has 1 fully saturated rings. The van der Waals surface area contributed by atoms with E-state index in [1.165, 1.54) is 12.0 Å². The van der Waals surface area contributed by atoms with E-state index in [4.69, 9.17) is 9.47 Å². The molecule has 3 aromatic rings. The fraction of sp³-hybridized carbons (Fsp3) is 0.303. The minimum absolute atomic E-state index is 0.0622. The Hall–Kier alpha value is -4.66. The van der Waals surface area contributed by atoms with Gasteiger partial charge in [0.2, 0.25) is 17.7 Å². The molecule has 0 aromatic heterocycles. The van der Waals surface area contributed by atoms with Crippen molar-refractivity contribution in [1.29, 1.82) is 0 Å². The summed E-state index contributed by atoms with van der Waals surface area (Å²) in [6.07, 6.45) is -0.427.